The van der Waals surface area contributed by atoms with E-state index in [9.17, 15) is 30.6 Å². The predicted molar refractivity (Wildman–Crippen MR) is 351 cm³/mol. The molecule has 3 aromatic carbocycles. The van der Waals surface area contributed by atoms with E-state index in [1.54, 1.807) is 13.2 Å². The number of allylic oxidation sites excluding steroid dienone is 2. The molecule has 0 amide bonds. The van der Waals surface area contributed by atoms with E-state index in [4.69, 9.17) is 29.7 Å². The number of phenols is 2. The number of hydrogen-bond donors (Lipinski definition) is 9. The molecule has 89 heavy (non-hydrogen) atoms. The van der Waals surface area contributed by atoms with Crippen LogP contribution in [0.1, 0.15) is 208 Å². The minimum absolute atomic E-state index is 0.000427. The molecule has 3 aromatic rings. The molecule has 4 saturated carbocycles. The molecular formula is C75H110N4O10. The number of rotatable bonds is 12. The van der Waals surface area contributed by atoms with Crippen LogP contribution in [-0.4, -0.2) is 114 Å². The number of nitrogens with two attached hydrogens (primary N) is 1. The van der Waals surface area contributed by atoms with Gasteiger partial charge in [-0.15, -0.1) is 0 Å². The van der Waals surface area contributed by atoms with Gasteiger partial charge < -0.3 is 66.0 Å². The summed E-state index contributed by atoms with van der Waals surface area (Å²) in [4.78, 5) is 5.39. The molecule has 8 bridgehead atoms. The zero-order valence-electron chi connectivity index (χ0n) is 54.6. The number of guanidine groups is 1. The van der Waals surface area contributed by atoms with Crippen LogP contribution in [0.3, 0.4) is 0 Å². The van der Waals surface area contributed by atoms with E-state index >= 15 is 0 Å². The second-order valence-electron chi connectivity index (χ2n) is 30.7. The summed E-state index contributed by atoms with van der Waals surface area (Å²) in [7, 11) is 3.80. The third kappa shape index (κ3) is 12.9. The zero-order chi connectivity index (χ0) is 62.2. The maximum Gasteiger partial charge on any atom is 0.188 e. The first kappa shape index (κ1) is 64.5. The van der Waals surface area contributed by atoms with Gasteiger partial charge in [-0.3, -0.25) is 4.99 Å². The Hall–Kier alpha value is -4.57. The standard InChI is InChI=1S/C75H110N4O10/c1-46(2)31-53-35-58-52(36-62(53)84)34-57-50-16-15-49(56(33-50)47(3)13-7-6-10-29-80)32-54(82)41-74(24-12-23-73(74)27-30-87-75(44-73)25-11-14-48(40-75)42-77-4)45-79-71(76)78-28-20-55-60(43-81)72(21-8-9-22-72)26-19-64(55)88-66-37-51(17-18-61(66)83)70-63(85)38-59-65(89-70)39-67(86-5)69(58)68(57)59/h15-18,35-37,39,46-50,54-57,60,63-64,70,77,80-85H,6-14,19-34,38,40-45H2,1-5H3,(H3,76,78,79). The highest BCUT2D eigenvalue weighted by atomic mass is 16.5. The molecule has 15 unspecified atom stereocenters. The second kappa shape index (κ2) is 27.2. The lowest BCUT2D eigenvalue weighted by Crippen LogP contribution is -2.55. The van der Waals surface area contributed by atoms with Crippen molar-refractivity contribution in [3.8, 4) is 39.9 Å². The van der Waals surface area contributed by atoms with E-state index < -0.39 is 18.3 Å². The van der Waals surface area contributed by atoms with Crippen LogP contribution in [0, 0.1) is 63.6 Å². The number of benzene rings is 3. The topological polar surface area (TPSA) is 221 Å². The van der Waals surface area contributed by atoms with E-state index in [-0.39, 0.29) is 82.4 Å². The van der Waals surface area contributed by atoms with Crippen molar-refractivity contribution in [1.29, 1.82) is 0 Å². The molecule has 5 fully saturated rings. The van der Waals surface area contributed by atoms with Gasteiger partial charge in [0.1, 0.15) is 29.5 Å². The molecule has 0 radical (unpaired) electrons. The van der Waals surface area contributed by atoms with Crippen LogP contribution in [0.25, 0.3) is 11.1 Å². The summed E-state index contributed by atoms with van der Waals surface area (Å²) < 4.78 is 27.7. The number of methoxy groups -OCH3 is 1. The highest BCUT2D eigenvalue weighted by Crippen LogP contribution is 2.66. The van der Waals surface area contributed by atoms with Gasteiger partial charge in [0.05, 0.1) is 24.9 Å². The number of aliphatic hydroxyl groups excluding tert-OH is 4. The van der Waals surface area contributed by atoms with Crippen LogP contribution in [0.15, 0.2) is 53.5 Å². The third-order valence-electron chi connectivity index (χ3n) is 25.0. The first-order valence-corrected chi connectivity index (χ1v) is 35.4. The van der Waals surface area contributed by atoms with Gasteiger partial charge in [0.25, 0.3) is 0 Å². The van der Waals surface area contributed by atoms with Gasteiger partial charge in [0, 0.05) is 62.4 Å². The molecule has 14 nitrogen and oxygen atoms in total. The maximum atomic E-state index is 13.2. The van der Waals surface area contributed by atoms with Gasteiger partial charge in [-0.25, -0.2) is 0 Å². The van der Waals surface area contributed by atoms with Crippen molar-refractivity contribution in [2.45, 2.75) is 224 Å². The number of nitrogens with one attached hydrogen (secondary N) is 2. The molecule has 0 aromatic heterocycles. The van der Waals surface area contributed by atoms with Gasteiger partial charge in [-0.2, -0.15) is 0 Å². The van der Waals surface area contributed by atoms with Gasteiger partial charge in [-0.1, -0.05) is 83.9 Å². The Balaban J connectivity index is 0.972. The summed E-state index contributed by atoms with van der Waals surface area (Å²) in [6.45, 7) is 9.81. The summed E-state index contributed by atoms with van der Waals surface area (Å²) in [6, 6.07) is 11.6. The first-order chi connectivity index (χ1) is 43.0. The SMILES string of the molecule is CNCC1CCCC2(C1)CC1(CCCC13CN=C(N)NCCC1C(CCC4(CCCC4)C1CO)Oc1cc(ccc1O)C1Oc4cc(OC)c5c(c4CC1O)C(Cc1cc(O)c(CC(C)C)cc1-5)C1C=CC(CC(O)C3)C(C(C)CCCCCO)C1)CCO2. The molecule has 4 spiro atoms. The van der Waals surface area contributed by atoms with Crippen molar-refractivity contribution >= 4 is 5.96 Å². The summed E-state index contributed by atoms with van der Waals surface area (Å²) in [5.74, 6) is 4.03. The molecule has 6 aliphatic carbocycles. The fourth-order valence-corrected chi connectivity index (χ4v) is 20.8. The van der Waals surface area contributed by atoms with Gasteiger partial charge in [0.15, 0.2) is 17.5 Å². The van der Waals surface area contributed by atoms with Crippen LogP contribution >= 0.6 is 0 Å². The van der Waals surface area contributed by atoms with Crippen LogP contribution in [-0.2, 0) is 24.0 Å². The van der Waals surface area contributed by atoms with E-state index in [0.29, 0.717) is 97.5 Å². The number of aliphatic hydroxyl groups is 4. The number of nitrogens with zero attached hydrogens (tertiary/aromatic N) is 1. The van der Waals surface area contributed by atoms with Crippen molar-refractivity contribution in [3.05, 3.63) is 76.4 Å². The van der Waals surface area contributed by atoms with Gasteiger partial charge in [-0.05, 0) is 245 Å². The lowest BCUT2D eigenvalue weighted by molar-refractivity contribution is -0.179. The lowest BCUT2D eigenvalue weighted by atomic mass is 9.54. The molecule has 12 aliphatic rings. The van der Waals surface area contributed by atoms with Crippen molar-refractivity contribution in [2.75, 3.05) is 53.6 Å². The Morgan fingerprint density at radius 2 is 1.64 bits per heavy atom. The normalized spacial score (nSPS) is 34.7. The van der Waals surface area contributed by atoms with E-state index in [1.165, 1.54) is 6.42 Å². The average Bonchev–Trinajstić information content (AvgIpc) is 1.20. The van der Waals surface area contributed by atoms with E-state index in [2.05, 4.69) is 56.7 Å². The number of aromatic hydroxyl groups is 2. The molecule has 490 valence electrons. The van der Waals surface area contributed by atoms with Crippen molar-refractivity contribution in [2.24, 2.45) is 74.3 Å². The molecule has 6 heterocycles. The largest absolute Gasteiger partial charge is 0.508 e. The predicted octanol–water partition coefficient (Wildman–Crippen LogP) is 12.5. The van der Waals surface area contributed by atoms with E-state index in [1.807, 2.05) is 24.3 Å². The Kier molecular flexibility index (Phi) is 19.7. The molecule has 14 heteroatoms. The number of ether oxygens (including phenoxy) is 4. The fourth-order valence-electron chi connectivity index (χ4n) is 20.8. The minimum Gasteiger partial charge on any atom is -0.508 e. The molecule has 15 atom stereocenters. The van der Waals surface area contributed by atoms with Crippen molar-refractivity contribution in [1.82, 2.24) is 10.6 Å². The minimum atomic E-state index is -0.942. The Bertz CT molecular complexity index is 2990. The highest BCUT2D eigenvalue weighted by Gasteiger charge is 2.60. The quantitative estimate of drug-likeness (QED) is 0.0609. The fraction of sp³-hybridized carbons (Fsp3) is 0.720. The van der Waals surface area contributed by atoms with Crippen LogP contribution < -0.4 is 30.6 Å². The first-order valence-electron chi connectivity index (χ1n) is 35.4. The third-order valence-corrected chi connectivity index (χ3v) is 25.0. The van der Waals surface area contributed by atoms with E-state index in [0.717, 1.165) is 175 Å². The monoisotopic (exact) mass is 1230 g/mol. The Labute approximate surface area is 531 Å². The Morgan fingerprint density at radius 3 is 2.43 bits per heavy atom. The zero-order valence-corrected chi connectivity index (χ0v) is 54.6. The van der Waals surface area contributed by atoms with Gasteiger partial charge in [0.2, 0.25) is 0 Å². The number of hydrogen-bond acceptors (Lipinski definition) is 14. The molecular weight excluding hydrogens is 1120 g/mol. The number of unbranched alkanes of at least 4 members (excludes halogenated alkanes) is 2. The maximum absolute atomic E-state index is 13.2. The Morgan fingerprint density at radius 1 is 0.820 bits per heavy atom. The van der Waals surface area contributed by atoms with Crippen LogP contribution in [0.5, 0.6) is 28.7 Å². The highest BCUT2D eigenvalue weighted by molar-refractivity contribution is 5.84. The smallest absolute Gasteiger partial charge is 0.188 e. The van der Waals surface area contributed by atoms with Crippen molar-refractivity contribution in [3.63, 3.8) is 0 Å². The summed E-state index contributed by atoms with van der Waals surface area (Å²) in [5.41, 5.74) is 13.4. The average molecular weight is 1230 g/mol. The van der Waals surface area contributed by atoms with Crippen LogP contribution in [0.2, 0.25) is 0 Å². The molecule has 15 rings (SSSR count). The number of phenolic OH excluding ortho intramolecular Hbond substituents is 2. The lowest BCUT2D eigenvalue weighted by Gasteiger charge is -2.56. The summed E-state index contributed by atoms with van der Waals surface area (Å²) in [5, 5.41) is 77.8. The van der Waals surface area contributed by atoms with Crippen molar-refractivity contribution < 1.29 is 49.6 Å². The molecule has 6 aliphatic heterocycles. The molecule has 10 N–H and O–H groups in total. The van der Waals surface area contributed by atoms with Gasteiger partial charge >= 0.3 is 0 Å². The number of fused-ring (bicyclic) bond motifs is 2. The molecule has 1 saturated heterocycles. The summed E-state index contributed by atoms with van der Waals surface area (Å²) >= 11 is 0. The second-order valence-corrected chi connectivity index (χ2v) is 30.7. The number of aliphatic imine (C=N–C) groups is 1. The summed E-state index contributed by atoms with van der Waals surface area (Å²) in [6.07, 6.45) is 26.5. The van der Waals surface area contributed by atoms with Crippen LogP contribution in [0.4, 0.5) is 0 Å².